The maximum absolute atomic E-state index is 6.07. The van der Waals surface area contributed by atoms with E-state index in [9.17, 15) is 0 Å². The first-order valence-electron chi connectivity index (χ1n) is 7.21. The topological polar surface area (TPSA) is 26.0 Å². The quantitative estimate of drug-likeness (QED) is 0.743. The number of nitrogens with two attached hydrogens (primary N) is 1. The van der Waals surface area contributed by atoms with E-state index in [1.54, 1.807) is 0 Å². The lowest BCUT2D eigenvalue weighted by atomic mass is 9.63. The van der Waals surface area contributed by atoms with Gasteiger partial charge in [0.25, 0.3) is 0 Å². The van der Waals surface area contributed by atoms with E-state index in [2.05, 4.69) is 39.5 Å². The molecule has 0 aromatic carbocycles. The minimum absolute atomic E-state index is 0.476. The largest absolute Gasteiger partial charge is 0.330 e. The highest BCUT2D eigenvalue weighted by atomic mass is 32.2. The van der Waals surface area contributed by atoms with Crippen molar-refractivity contribution in [1.82, 2.24) is 0 Å². The molecule has 1 aliphatic rings. The van der Waals surface area contributed by atoms with Crippen LogP contribution in [-0.2, 0) is 0 Å². The zero-order valence-electron chi connectivity index (χ0n) is 12.2. The lowest BCUT2D eigenvalue weighted by molar-refractivity contribution is 0.0906. The molecule has 0 atom stereocenters. The Bertz CT molecular complexity index is 211. The third kappa shape index (κ3) is 4.48. The Morgan fingerprint density at radius 2 is 1.82 bits per heavy atom. The first-order valence-corrected chi connectivity index (χ1v) is 8.37. The molecule has 102 valence electrons. The lowest BCUT2D eigenvalue weighted by Gasteiger charge is -2.43. The molecule has 0 aromatic rings. The number of hydrogen-bond donors (Lipinski definition) is 1. The fourth-order valence-electron chi connectivity index (χ4n) is 3.09. The van der Waals surface area contributed by atoms with Gasteiger partial charge in [-0.1, -0.05) is 27.7 Å². The van der Waals surface area contributed by atoms with Gasteiger partial charge in [0.05, 0.1) is 0 Å². The van der Waals surface area contributed by atoms with Crippen LogP contribution < -0.4 is 5.73 Å². The van der Waals surface area contributed by atoms with Gasteiger partial charge in [-0.25, -0.2) is 0 Å². The summed E-state index contributed by atoms with van der Waals surface area (Å²) in [7, 11) is 0. The number of hydrogen-bond acceptors (Lipinski definition) is 2. The van der Waals surface area contributed by atoms with Crippen LogP contribution in [0.3, 0.4) is 0 Å². The van der Waals surface area contributed by atoms with Gasteiger partial charge in [-0.05, 0) is 66.9 Å². The highest BCUT2D eigenvalue weighted by Gasteiger charge is 2.37. The van der Waals surface area contributed by atoms with Gasteiger partial charge in [0.1, 0.15) is 0 Å². The fraction of sp³-hybridized carbons (Fsp3) is 1.00. The minimum atomic E-state index is 0.476. The molecular formula is C15H31NS. The second-order valence-electron chi connectivity index (χ2n) is 6.79. The highest BCUT2D eigenvalue weighted by Crippen LogP contribution is 2.46. The molecule has 0 spiro atoms. The van der Waals surface area contributed by atoms with E-state index in [0.29, 0.717) is 10.8 Å². The van der Waals surface area contributed by atoms with Crippen molar-refractivity contribution >= 4 is 11.8 Å². The summed E-state index contributed by atoms with van der Waals surface area (Å²) in [5.41, 5.74) is 7.03. The standard InChI is InChI=1S/C15H31NS/c1-5-17-11-10-15(12-16)8-6-13(7-9-15)14(2,3)4/h13H,5-12,16H2,1-4H3. The molecular weight excluding hydrogens is 226 g/mol. The molecule has 1 rings (SSSR count). The Morgan fingerprint density at radius 3 is 2.24 bits per heavy atom. The summed E-state index contributed by atoms with van der Waals surface area (Å²) in [6, 6.07) is 0. The van der Waals surface area contributed by atoms with Gasteiger partial charge in [0, 0.05) is 0 Å². The summed E-state index contributed by atoms with van der Waals surface area (Å²) in [6.45, 7) is 10.3. The molecule has 1 aliphatic carbocycles. The lowest BCUT2D eigenvalue weighted by Crippen LogP contribution is -2.38. The summed E-state index contributed by atoms with van der Waals surface area (Å²) in [5, 5.41) is 0. The molecule has 0 heterocycles. The van der Waals surface area contributed by atoms with Crippen LogP contribution in [0.15, 0.2) is 0 Å². The molecule has 17 heavy (non-hydrogen) atoms. The second-order valence-corrected chi connectivity index (χ2v) is 8.19. The van der Waals surface area contributed by atoms with Gasteiger partial charge in [-0.15, -0.1) is 0 Å². The van der Waals surface area contributed by atoms with Crippen molar-refractivity contribution < 1.29 is 0 Å². The van der Waals surface area contributed by atoms with Crippen LogP contribution in [0.25, 0.3) is 0 Å². The Morgan fingerprint density at radius 1 is 1.24 bits per heavy atom. The fourth-order valence-corrected chi connectivity index (χ4v) is 3.95. The maximum Gasteiger partial charge on any atom is -0.00202 e. The molecule has 1 fully saturated rings. The molecule has 2 N–H and O–H groups in total. The van der Waals surface area contributed by atoms with E-state index < -0.39 is 0 Å². The third-order valence-electron chi connectivity index (χ3n) is 4.68. The van der Waals surface area contributed by atoms with Gasteiger partial charge >= 0.3 is 0 Å². The van der Waals surface area contributed by atoms with E-state index in [1.807, 2.05) is 0 Å². The van der Waals surface area contributed by atoms with Crippen molar-refractivity contribution in [2.24, 2.45) is 22.5 Å². The zero-order valence-corrected chi connectivity index (χ0v) is 13.0. The second kappa shape index (κ2) is 6.47. The minimum Gasteiger partial charge on any atom is -0.330 e. The third-order valence-corrected chi connectivity index (χ3v) is 5.59. The van der Waals surface area contributed by atoms with E-state index in [-0.39, 0.29) is 0 Å². The first kappa shape index (κ1) is 15.4. The molecule has 0 unspecified atom stereocenters. The van der Waals surface area contributed by atoms with Crippen LogP contribution in [0.2, 0.25) is 0 Å². The van der Waals surface area contributed by atoms with Crippen molar-refractivity contribution in [1.29, 1.82) is 0 Å². The molecule has 0 aliphatic heterocycles. The summed E-state index contributed by atoms with van der Waals surface area (Å²) >= 11 is 2.07. The van der Waals surface area contributed by atoms with Crippen LogP contribution >= 0.6 is 11.8 Å². The summed E-state index contributed by atoms with van der Waals surface area (Å²) in [5.74, 6) is 3.44. The predicted octanol–water partition coefficient (Wildman–Crippen LogP) is 4.31. The average Bonchev–Trinajstić information content (AvgIpc) is 2.29. The maximum atomic E-state index is 6.07. The smallest absolute Gasteiger partial charge is 0.00202 e. The Labute approximate surface area is 112 Å². The van der Waals surface area contributed by atoms with Crippen LogP contribution in [0.5, 0.6) is 0 Å². The normalized spacial score (nSPS) is 30.5. The molecule has 0 radical (unpaired) electrons. The molecule has 0 aromatic heterocycles. The molecule has 0 bridgehead atoms. The highest BCUT2D eigenvalue weighted by molar-refractivity contribution is 7.99. The number of rotatable bonds is 5. The van der Waals surface area contributed by atoms with Gasteiger partial charge in [-0.3, -0.25) is 0 Å². The summed E-state index contributed by atoms with van der Waals surface area (Å²) in [6.07, 6.45) is 6.82. The molecule has 1 nitrogen and oxygen atoms in total. The van der Waals surface area contributed by atoms with Crippen LogP contribution in [0.1, 0.15) is 59.8 Å². The van der Waals surface area contributed by atoms with E-state index in [0.717, 1.165) is 12.5 Å². The van der Waals surface area contributed by atoms with Crippen LogP contribution in [0, 0.1) is 16.7 Å². The SMILES string of the molecule is CCSCCC1(CN)CCC(C(C)(C)C)CC1. The van der Waals surface area contributed by atoms with Crippen molar-refractivity contribution in [2.45, 2.75) is 59.8 Å². The van der Waals surface area contributed by atoms with E-state index in [4.69, 9.17) is 5.73 Å². The monoisotopic (exact) mass is 257 g/mol. The molecule has 2 heteroatoms. The molecule has 0 saturated heterocycles. The summed E-state index contributed by atoms with van der Waals surface area (Å²) in [4.78, 5) is 0. The number of thioether (sulfide) groups is 1. The van der Waals surface area contributed by atoms with E-state index >= 15 is 0 Å². The van der Waals surface area contributed by atoms with Crippen LogP contribution in [0.4, 0.5) is 0 Å². The predicted molar refractivity (Wildman–Crippen MR) is 80.5 cm³/mol. The van der Waals surface area contributed by atoms with E-state index in [1.165, 1.54) is 43.6 Å². The van der Waals surface area contributed by atoms with Gasteiger partial charge in [-0.2, -0.15) is 11.8 Å². The Balaban J connectivity index is 2.45. The average molecular weight is 257 g/mol. The van der Waals surface area contributed by atoms with Crippen molar-refractivity contribution in [2.75, 3.05) is 18.1 Å². The van der Waals surface area contributed by atoms with Crippen molar-refractivity contribution in [3.63, 3.8) is 0 Å². The zero-order chi connectivity index (χ0) is 12.9. The summed E-state index contributed by atoms with van der Waals surface area (Å²) < 4.78 is 0. The molecule has 0 amide bonds. The van der Waals surface area contributed by atoms with Crippen LogP contribution in [-0.4, -0.2) is 18.1 Å². The first-order chi connectivity index (χ1) is 7.93. The van der Waals surface area contributed by atoms with Gasteiger partial charge in [0.15, 0.2) is 0 Å². The Kier molecular flexibility index (Phi) is 5.85. The van der Waals surface area contributed by atoms with Gasteiger partial charge < -0.3 is 5.73 Å². The van der Waals surface area contributed by atoms with Crippen molar-refractivity contribution in [3.05, 3.63) is 0 Å². The van der Waals surface area contributed by atoms with Gasteiger partial charge in [0.2, 0.25) is 0 Å². The van der Waals surface area contributed by atoms with Crippen molar-refractivity contribution in [3.8, 4) is 0 Å². The molecule has 1 saturated carbocycles. The Hall–Kier alpha value is 0.310.